The molecular weight excluding hydrogens is 252 g/mol. The van der Waals surface area contributed by atoms with E-state index in [-0.39, 0.29) is 6.54 Å². The molecule has 0 bridgehead atoms. The molecule has 0 saturated carbocycles. The van der Waals surface area contributed by atoms with Crippen molar-refractivity contribution in [2.24, 2.45) is 0 Å². The third-order valence-corrected chi connectivity index (χ3v) is 1.21. The Labute approximate surface area is 114 Å². The molecule has 0 saturated heterocycles. The zero-order chi connectivity index (χ0) is 15.7. The van der Waals surface area contributed by atoms with Crippen LogP contribution in [0.15, 0.2) is 18.6 Å². The van der Waals surface area contributed by atoms with Gasteiger partial charge >= 0.3 is 0 Å². The highest BCUT2D eigenvalue weighted by atomic mass is 19.3. The first-order valence-corrected chi connectivity index (χ1v) is 6.23. The fourth-order valence-electron chi connectivity index (χ4n) is 0.681. The normalized spacial score (nSPS) is 8.63. The molecule has 1 aromatic rings. The number of hydrogen-bond donors (Lipinski definition) is 1. The lowest BCUT2D eigenvalue weighted by Gasteiger charge is -2.06. The van der Waals surface area contributed by atoms with Gasteiger partial charge < -0.3 is 5.32 Å². The van der Waals surface area contributed by atoms with E-state index in [1.807, 2.05) is 27.7 Å². The van der Waals surface area contributed by atoms with Gasteiger partial charge in [-0.3, -0.25) is 4.79 Å². The predicted molar refractivity (Wildman–Crippen MR) is 74.7 cm³/mol. The lowest BCUT2D eigenvalue weighted by molar-refractivity contribution is 0.0247. The Morgan fingerprint density at radius 1 is 1.32 bits per heavy atom. The van der Waals surface area contributed by atoms with Crippen LogP contribution in [0.1, 0.15) is 45.1 Å². The van der Waals surface area contributed by atoms with Crippen LogP contribution in [0.25, 0.3) is 0 Å². The van der Waals surface area contributed by atoms with Crippen molar-refractivity contribution in [3.63, 3.8) is 0 Å². The van der Waals surface area contributed by atoms with E-state index in [1.54, 1.807) is 6.07 Å². The second kappa shape index (κ2) is 16.6. The summed E-state index contributed by atoms with van der Waals surface area (Å²) in [5, 5.41) is 2.36. The van der Waals surface area contributed by atoms with Crippen LogP contribution in [0, 0.1) is 0 Å². The van der Waals surface area contributed by atoms with Gasteiger partial charge in [-0.25, -0.2) is 18.7 Å². The van der Waals surface area contributed by atoms with Gasteiger partial charge in [0, 0.05) is 13.1 Å². The molecular formula is C13H25F2N3O. The number of halogens is 2. The van der Waals surface area contributed by atoms with Crippen LogP contribution >= 0.6 is 0 Å². The van der Waals surface area contributed by atoms with Crippen molar-refractivity contribution in [2.75, 3.05) is 13.6 Å². The molecule has 0 aliphatic rings. The van der Waals surface area contributed by atoms with E-state index in [4.69, 9.17) is 0 Å². The van der Waals surface area contributed by atoms with E-state index in [0.29, 0.717) is 12.0 Å². The second-order valence-electron chi connectivity index (χ2n) is 2.85. The maximum absolute atomic E-state index is 11.7. The summed E-state index contributed by atoms with van der Waals surface area (Å²) in [7, 11) is 1.50. The average Bonchev–Trinajstić information content (AvgIpc) is 2.43. The summed E-state index contributed by atoms with van der Waals surface area (Å²) in [6.45, 7) is 8.64. The van der Waals surface area contributed by atoms with Crippen LogP contribution in [0.2, 0.25) is 0 Å². The smallest absolute Gasteiger partial charge is 0.257 e. The standard InChI is InChI=1S/C5H4N2O.C4H9F2N.2C2H6/c8-3-5-1-2-6-4-7-5;1-4(5,6)3-7-2;2*1-2/h1-4H;7H,3H2,1-2H3;2*1-2H3. The number of nitrogens with zero attached hydrogens (tertiary/aromatic N) is 2. The Balaban J connectivity index is -0.000000215. The van der Waals surface area contributed by atoms with Crippen molar-refractivity contribution in [1.82, 2.24) is 15.3 Å². The number of rotatable bonds is 3. The monoisotopic (exact) mass is 277 g/mol. The molecule has 0 radical (unpaired) electrons. The fraction of sp³-hybridized carbons (Fsp3) is 0.615. The van der Waals surface area contributed by atoms with E-state index >= 15 is 0 Å². The molecule has 1 heterocycles. The van der Waals surface area contributed by atoms with Gasteiger partial charge in [0.25, 0.3) is 5.92 Å². The summed E-state index contributed by atoms with van der Waals surface area (Å²) in [5.74, 6) is -2.56. The number of hydrogen-bond acceptors (Lipinski definition) is 4. The second-order valence-corrected chi connectivity index (χ2v) is 2.85. The van der Waals surface area contributed by atoms with Gasteiger partial charge in [-0.2, -0.15) is 0 Å². The Kier molecular flexibility index (Phi) is 19.8. The summed E-state index contributed by atoms with van der Waals surface area (Å²) in [5.41, 5.74) is 0.417. The van der Waals surface area contributed by atoms with E-state index in [9.17, 15) is 13.6 Å². The summed E-state index contributed by atoms with van der Waals surface area (Å²) < 4.78 is 23.3. The molecule has 112 valence electrons. The molecule has 4 nitrogen and oxygen atoms in total. The van der Waals surface area contributed by atoms with Crippen molar-refractivity contribution >= 4 is 6.29 Å². The first-order chi connectivity index (χ1) is 8.99. The van der Waals surface area contributed by atoms with Gasteiger partial charge in [0.1, 0.15) is 12.0 Å². The zero-order valence-corrected chi connectivity index (χ0v) is 12.6. The van der Waals surface area contributed by atoms with Gasteiger partial charge in [-0.15, -0.1) is 0 Å². The average molecular weight is 277 g/mol. The SMILES string of the molecule is CC.CC.CNCC(C)(F)F.O=Cc1ccncn1. The van der Waals surface area contributed by atoms with E-state index in [0.717, 1.165) is 6.92 Å². The molecule has 0 atom stereocenters. The molecule has 0 fully saturated rings. The van der Waals surface area contributed by atoms with Gasteiger partial charge in [-0.05, 0) is 13.1 Å². The molecule has 0 aliphatic carbocycles. The molecule has 19 heavy (non-hydrogen) atoms. The lowest BCUT2D eigenvalue weighted by atomic mass is 10.4. The zero-order valence-electron chi connectivity index (χ0n) is 12.6. The largest absolute Gasteiger partial charge is 0.314 e. The van der Waals surface area contributed by atoms with Crippen LogP contribution in [0.4, 0.5) is 8.78 Å². The molecule has 0 amide bonds. The molecule has 0 aromatic carbocycles. The quantitative estimate of drug-likeness (QED) is 0.862. The van der Waals surface area contributed by atoms with Crippen LogP contribution in [-0.2, 0) is 0 Å². The third-order valence-electron chi connectivity index (χ3n) is 1.21. The minimum Gasteiger partial charge on any atom is -0.314 e. The number of carbonyl (C=O) groups excluding carboxylic acids is 1. The minimum atomic E-state index is -2.56. The summed E-state index contributed by atoms with van der Waals surface area (Å²) >= 11 is 0. The molecule has 6 heteroatoms. The maximum Gasteiger partial charge on any atom is 0.257 e. The summed E-state index contributed by atoms with van der Waals surface area (Å²) in [6, 6.07) is 1.55. The third kappa shape index (κ3) is 22.3. The van der Waals surface area contributed by atoms with Crippen LogP contribution in [-0.4, -0.2) is 35.8 Å². The van der Waals surface area contributed by atoms with Crippen molar-refractivity contribution in [1.29, 1.82) is 0 Å². The molecule has 1 N–H and O–H groups in total. The lowest BCUT2D eigenvalue weighted by Crippen LogP contribution is -2.26. The number of nitrogens with one attached hydrogen (secondary N) is 1. The van der Waals surface area contributed by atoms with Crippen molar-refractivity contribution in [3.8, 4) is 0 Å². The van der Waals surface area contributed by atoms with Crippen molar-refractivity contribution in [3.05, 3.63) is 24.3 Å². The van der Waals surface area contributed by atoms with Gasteiger partial charge in [0.05, 0.1) is 6.54 Å². The van der Waals surface area contributed by atoms with Crippen LogP contribution < -0.4 is 5.32 Å². The van der Waals surface area contributed by atoms with E-state index < -0.39 is 5.92 Å². The number of alkyl halides is 2. The molecule has 1 aromatic heterocycles. The number of aromatic nitrogens is 2. The van der Waals surface area contributed by atoms with E-state index in [2.05, 4.69) is 15.3 Å². The highest BCUT2D eigenvalue weighted by molar-refractivity contribution is 5.70. The number of aldehydes is 1. The summed E-state index contributed by atoms with van der Waals surface area (Å²) in [4.78, 5) is 17.2. The maximum atomic E-state index is 11.7. The molecule has 1 rings (SSSR count). The first kappa shape index (κ1) is 22.7. The Morgan fingerprint density at radius 3 is 2.00 bits per heavy atom. The first-order valence-electron chi connectivity index (χ1n) is 6.23. The number of carbonyl (C=O) groups is 1. The Morgan fingerprint density at radius 2 is 1.84 bits per heavy atom. The van der Waals surface area contributed by atoms with Gasteiger partial charge in [-0.1, -0.05) is 27.7 Å². The topological polar surface area (TPSA) is 54.9 Å². The van der Waals surface area contributed by atoms with Gasteiger partial charge in [0.2, 0.25) is 0 Å². The highest BCUT2D eigenvalue weighted by Crippen LogP contribution is 2.07. The van der Waals surface area contributed by atoms with Crippen LogP contribution in [0.3, 0.4) is 0 Å². The van der Waals surface area contributed by atoms with Crippen molar-refractivity contribution in [2.45, 2.75) is 40.5 Å². The predicted octanol–water partition coefficient (Wildman–Crippen LogP) is 3.20. The molecule has 0 spiro atoms. The summed E-state index contributed by atoms with van der Waals surface area (Å²) in [6.07, 6.45) is 3.54. The fourth-order valence-corrected chi connectivity index (χ4v) is 0.681. The van der Waals surface area contributed by atoms with E-state index in [1.165, 1.54) is 19.6 Å². The molecule has 0 aliphatic heterocycles. The minimum absolute atomic E-state index is 0.243. The molecule has 0 unspecified atom stereocenters. The van der Waals surface area contributed by atoms with Crippen molar-refractivity contribution < 1.29 is 13.6 Å². The highest BCUT2D eigenvalue weighted by Gasteiger charge is 2.18. The Bertz CT molecular complexity index is 277. The van der Waals surface area contributed by atoms with Crippen LogP contribution in [0.5, 0.6) is 0 Å². The Hall–Kier alpha value is -1.43. The van der Waals surface area contributed by atoms with Gasteiger partial charge in [0.15, 0.2) is 6.29 Å².